The van der Waals surface area contributed by atoms with E-state index in [1.807, 2.05) is 16.8 Å². The van der Waals surface area contributed by atoms with Gasteiger partial charge in [-0.25, -0.2) is 9.50 Å². The molecule has 21 heavy (non-hydrogen) atoms. The Labute approximate surface area is 130 Å². The predicted molar refractivity (Wildman–Crippen MR) is 83.1 cm³/mol. The molecule has 0 atom stereocenters. The number of aryl methyl sites for hydroxylation is 1. The largest absolute Gasteiger partial charge is 0.352 e. The number of thiazole rings is 1. The van der Waals surface area contributed by atoms with Crippen LogP contribution in [0.4, 0.5) is 0 Å². The van der Waals surface area contributed by atoms with Gasteiger partial charge in [-0.2, -0.15) is 5.10 Å². The van der Waals surface area contributed by atoms with Crippen molar-refractivity contribution in [1.29, 1.82) is 0 Å². The number of nitrogens with zero attached hydrogens (tertiary/aromatic N) is 3. The second-order valence-electron chi connectivity index (χ2n) is 4.59. The minimum atomic E-state index is -0.104. The quantitative estimate of drug-likeness (QED) is 0.804. The SMILES string of the molecule is Cc1nc2scc(CCNC(=O)c3ccc(Cl)cc3)n2n1. The number of nitrogens with one attached hydrogen (secondary N) is 1. The Hall–Kier alpha value is -1.92. The smallest absolute Gasteiger partial charge is 0.251 e. The first-order valence-corrected chi connectivity index (χ1v) is 7.73. The summed E-state index contributed by atoms with van der Waals surface area (Å²) in [6.45, 7) is 2.41. The number of aromatic nitrogens is 3. The molecule has 0 saturated carbocycles. The molecule has 0 saturated heterocycles. The lowest BCUT2D eigenvalue weighted by molar-refractivity contribution is 0.0954. The molecule has 3 aromatic rings. The van der Waals surface area contributed by atoms with Crippen LogP contribution in [0.1, 0.15) is 21.9 Å². The summed E-state index contributed by atoms with van der Waals surface area (Å²) in [6.07, 6.45) is 0.710. The average molecular weight is 321 g/mol. The Balaban J connectivity index is 1.60. The van der Waals surface area contributed by atoms with Crippen LogP contribution in [-0.2, 0) is 6.42 Å². The van der Waals surface area contributed by atoms with E-state index >= 15 is 0 Å². The van der Waals surface area contributed by atoms with Gasteiger partial charge in [-0.1, -0.05) is 11.6 Å². The molecule has 0 bridgehead atoms. The zero-order valence-electron chi connectivity index (χ0n) is 11.3. The number of hydrogen-bond donors (Lipinski definition) is 1. The van der Waals surface area contributed by atoms with Crippen LogP contribution in [0.5, 0.6) is 0 Å². The van der Waals surface area contributed by atoms with Gasteiger partial charge in [-0.3, -0.25) is 4.79 Å². The summed E-state index contributed by atoms with van der Waals surface area (Å²) in [6, 6.07) is 6.83. The van der Waals surface area contributed by atoms with Gasteiger partial charge in [0.1, 0.15) is 5.82 Å². The summed E-state index contributed by atoms with van der Waals surface area (Å²) >= 11 is 7.35. The van der Waals surface area contributed by atoms with Crippen LogP contribution in [0.3, 0.4) is 0 Å². The molecule has 108 valence electrons. The molecule has 0 aliphatic rings. The Kier molecular flexibility index (Phi) is 3.90. The molecule has 2 aromatic heterocycles. The maximum atomic E-state index is 12.0. The molecular weight excluding hydrogens is 308 g/mol. The van der Waals surface area contributed by atoms with E-state index in [-0.39, 0.29) is 5.91 Å². The number of amides is 1. The van der Waals surface area contributed by atoms with E-state index in [0.717, 1.165) is 16.5 Å². The number of fused-ring (bicyclic) bond motifs is 1. The molecule has 0 aliphatic heterocycles. The van der Waals surface area contributed by atoms with Crippen LogP contribution in [0.25, 0.3) is 4.96 Å². The van der Waals surface area contributed by atoms with E-state index in [0.29, 0.717) is 23.6 Å². The molecule has 3 rings (SSSR count). The van der Waals surface area contributed by atoms with E-state index < -0.39 is 0 Å². The lowest BCUT2D eigenvalue weighted by atomic mass is 10.2. The first-order valence-electron chi connectivity index (χ1n) is 6.47. The van der Waals surface area contributed by atoms with Gasteiger partial charge in [0.05, 0.1) is 5.69 Å². The van der Waals surface area contributed by atoms with Crippen molar-refractivity contribution in [3.05, 3.63) is 51.7 Å². The van der Waals surface area contributed by atoms with Crippen LogP contribution in [0, 0.1) is 6.92 Å². The molecule has 0 radical (unpaired) electrons. The molecule has 2 heterocycles. The minimum absolute atomic E-state index is 0.104. The Morgan fingerprint density at radius 3 is 2.90 bits per heavy atom. The fourth-order valence-corrected chi connectivity index (χ4v) is 3.03. The van der Waals surface area contributed by atoms with E-state index in [4.69, 9.17) is 11.6 Å². The maximum Gasteiger partial charge on any atom is 0.251 e. The van der Waals surface area contributed by atoms with Gasteiger partial charge in [-0.05, 0) is 31.2 Å². The van der Waals surface area contributed by atoms with Crippen molar-refractivity contribution in [3.63, 3.8) is 0 Å². The van der Waals surface area contributed by atoms with E-state index in [2.05, 4.69) is 15.4 Å². The maximum absolute atomic E-state index is 12.0. The monoisotopic (exact) mass is 320 g/mol. The molecule has 0 fully saturated rings. The zero-order chi connectivity index (χ0) is 14.8. The minimum Gasteiger partial charge on any atom is -0.352 e. The van der Waals surface area contributed by atoms with Gasteiger partial charge >= 0.3 is 0 Å². The van der Waals surface area contributed by atoms with Crippen molar-refractivity contribution in [1.82, 2.24) is 19.9 Å². The van der Waals surface area contributed by atoms with E-state index in [1.165, 1.54) is 0 Å². The topological polar surface area (TPSA) is 59.3 Å². The number of carbonyl (C=O) groups is 1. The highest BCUT2D eigenvalue weighted by molar-refractivity contribution is 7.15. The van der Waals surface area contributed by atoms with Crippen LogP contribution in [0.15, 0.2) is 29.6 Å². The van der Waals surface area contributed by atoms with Gasteiger partial charge in [0.15, 0.2) is 0 Å². The van der Waals surface area contributed by atoms with E-state index in [9.17, 15) is 4.79 Å². The molecule has 1 N–H and O–H groups in total. The Morgan fingerprint density at radius 2 is 2.14 bits per heavy atom. The Morgan fingerprint density at radius 1 is 1.38 bits per heavy atom. The highest BCUT2D eigenvalue weighted by atomic mass is 35.5. The summed E-state index contributed by atoms with van der Waals surface area (Å²) in [4.78, 5) is 17.2. The number of halogens is 1. The van der Waals surface area contributed by atoms with Crippen molar-refractivity contribution in [2.24, 2.45) is 0 Å². The van der Waals surface area contributed by atoms with Gasteiger partial charge in [0, 0.05) is 28.9 Å². The molecule has 0 spiro atoms. The van der Waals surface area contributed by atoms with Crippen molar-refractivity contribution in [2.45, 2.75) is 13.3 Å². The number of carbonyl (C=O) groups excluding carboxylic acids is 1. The van der Waals surface area contributed by atoms with Gasteiger partial charge < -0.3 is 5.32 Å². The van der Waals surface area contributed by atoms with Crippen LogP contribution >= 0.6 is 22.9 Å². The lowest BCUT2D eigenvalue weighted by Crippen LogP contribution is -2.25. The van der Waals surface area contributed by atoms with Gasteiger partial charge in [0.25, 0.3) is 5.91 Å². The summed E-state index contributed by atoms with van der Waals surface area (Å²) < 4.78 is 1.83. The normalized spacial score (nSPS) is 11.0. The third-order valence-corrected chi connectivity index (χ3v) is 4.15. The van der Waals surface area contributed by atoms with E-state index in [1.54, 1.807) is 35.6 Å². The number of benzene rings is 1. The van der Waals surface area contributed by atoms with Crippen molar-refractivity contribution < 1.29 is 4.79 Å². The zero-order valence-corrected chi connectivity index (χ0v) is 12.9. The first kappa shape index (κ1) is 14.0. The van der Waals surface area contributed by atoms with Crippen LogP contribution < -0.4 is 5.32 Å². The standard InChI is InChI=1S/C14H13ClN4OS/c1-9-17-14-19(18-9)12(8-21-14)6-7-16-13(20)10-2-4-11(15)5-3-10/h2-5,8H,6-7H2,1H3,(H,16,20). The van der Waals surface area contributed by atoms with Crippen molar-refractivity contribution >= 4 is 33.8 Å². The summed E-state index contributed by atoms with van der Waals surface area (Å²) in [5.74, 6) is 0.654. The second-order valence-corrected chi connectivity index (χ2v) is 5.87. The first-order chi connectivity index (χ1) is 10.1. The molecule has 0 unspecified atom stereocenters. The average Bonchev–Trinajstić information content (AvgIpc) is 2.99. The summed E-state index contributed by atoms with van der Waals surface area (Å²) in [5.41, 5.74) is 1.65. The Bertz CT molecular complexity index is 778. The lowest BCUT2D eigenvalue weighted by Gasteiger charge is -2.04. The van der Waals surface area contributed by atoms with Crippen molar-refractivity contribution in [2.75, 3.05) is 6.54 Å². The fourth-order valence-electron chi connectivity index (χ4n) is 2.00. The molecule has 1 amide bonds. The molecule has 5 nitrogen and oxygen atoms in total. The number of rotatable bonds is 4. The highest BCUT2D eigenvalue weighted by Crippen LogP contribution is 2.14. The second kappa shape index (κ2) is 5.83. The highest BCUT2D eigenvalue weighted by Gasteiger charge is 2.09. The molecule has 1 aromatic carbocycles. The number of hydrogen-bond acceptors (Lipinski definition) is 4. The summed E-state index contributed by atoms with van der Waals surface area (Å²) in [5, 5.41) is 9.85. The van der Waals surface area contributed by atoms with Crippen molar-refractivity contribution in [3.8, 4) is 0 Å². The van der Waals surface area contributed by atoms with Gasteiger partial charge in [0.2, 0.25) is 4.96 Å². The third kappa shape index (κ3) is 3.06. The van der Waals surface area contributed by atoms with Crippen LogP contribution in [-0.4, -0.2) is 27.0 Å². The molecule has 0 aliphatic carbocycles. The molecule has 7 heteroatoms. The fraction of sp³-hybridized carbons (Fsp3) is 0.214. The summed E-state index contributed by atoms with van der Waals surface area (Å²) in [7, 11) is 0. The third-order valence-electron chi connectivity index (χ3n) is 3.03. The van der Waals surface area contributed by atoms with Gasteiger partial charge in [-0.15, -0.1) is 11.3 Å². The predicted octanol–water partition coefficient (Wildman–Crippen LogP) is 2.73. The van der Waals surface area contributed by atoms with Crippen LogP contribution in [0.2, 0.25) is 5.02 Å². The molecular formula is C14H13ClN4OS.